The molecule has 0 aromatic carbocycles. The summed E-state index contributed by atoms with van der Waals surface area (Å²) in [5.41, 5.74) is 0. The maximum absolute atomic E-state index is 5.77. The molecule has 5 heteroatoms. The zero-order chi connectivity index (χ0) is 11.3. The van der Waals surface area contributed by atoms with Crippen LogP contribution < -0.4 is 4.90 Å². The number of hydrogen-bond donors (Lipinski definition) is 0. The average molecular weight is 248 g/mol. The molecule has 0 spiro atoms. The standard InChI is InChI=1S/C8H9Cl2N3.C2H6/c9-6-5-7(10)12-8(11-6)13-3-1-2-4-13;1-2/h5H,1-4H2;1-2H3. The van der Waals surface area contributed by atoms with Crippen LogP contribution in [0.3, 0.4) is 0 Å². The molecule has 0 amide bonds. The molecule has 1 aliphatic heterocycles. The second kappa shape index (κ2) is 6.13. The third kappa shape index (κ3) is 3.50. The highest BCUT2D eigenvalue weighted by molar-refractivity contribution is 6.33. The molecule has 0 aliphatic carbocycles. The van der Waals surface area contributed by atoms with E-state index in [0.29, 0.717) is 16.3 Å². The monoisotopic (exact) mass is 247 g/mol. The molecular formula is C10H15Cl2N3. The van der Waals surface area contributed by atoms with E-state index in [1.807, 2.05) is 13.8 Å². The van der Waals surface area contributed by atoms with Crippen LogP contribution in [0.15, 0.2) is 6.07 Å². The third-order valence-corrected chi connectivity index (χ3v) is 2.43. The Morgan fingerprint density at radius 1 is 1.07 bits per heavy atom. The van der Waals surface area contributed by atoms with Gasteiger partial charge in [0.05, 0.1) is 0 Å². The topological polar surface area (TPSA) is 29.0 Å². The van der Waals surface area contributed by atoms with Gasteiger partial charge in [-0.3, -0.25) is 0 Å². The largest absolute Gasteiger partial charge is 0.341 e. The van der Waals surface area contributed by atoms with Crippen LogP contribution in [0.1, 0.15) is 26.7 Å². The van der Waals surface area contributed by atoms with E-state index >= 15 is 0 Å². The fourth-order valence-corrected chi connectivity index (χ4v) is 1.85. The summed E-state index contributed by atoms with van der Waals surface area (Å²) >= 11 is 11.5. The molecule has 2 rings (SSSR count). The molecule has 84 valence electrons. The van der Waals surface area contributed by atoms with Gasteiger partial charge in [0, 0.05) is 19.2 Å². The van der Waals surface area contributed by atoms with Gasteiger partial charge in [0.15, 0.2) is 0 Å². The summed E-state index contributed by atoms with van der Waals surface area (Å²) in [6.07, 6.45) is 2.38. The van der Waals surface area contributed by atoms with Gasteiger partial charge in [0.25, 0.3) is 0 Å². The summed E-state index contributed by atoms with van der Waals surface area (Å²) < 4.78 is 0. The predicted molar refractivity (Wildman–Crippen MR) is 64.8 cm³/mol. The van der Waals surface area contributed by atoms with E-state index in [0.717, 1.165) is 13.1 Å². The van der Waals surface area contributed by atoms with Gasteiger partial charge in [-0.15, -0.1) is 0 Å². The number of hydrogen-bond acceptors (Lipinski definition) is 3. The maximum Gasteiger partial charge on any atom is 0.228 e. The molecule has 15 heavy (non-hydrogen) atoms. The lowest BCUT2D eigenvalue weighted by Crippen LogP contribution is -2.20. The molecule has 1 aromatic heterocycles. The Kier molecular flexibility index (Phi) is 5.12. The van der Waals surface area contributed by atoms with Crippen LogP contribution in [-0.4, -0.2) is 23.1 Å². The summed E-state index contributed by atoms with van der Waals surface area (Å²) in [5, 5.41) is 0.809. The molecule has 1 aliphatic rings. The second-order valence-electron chi connectivity index (χ2n) is 3.01. The molecule has 3 nitrogen and oxygen atoms in total. The SMILES string of the molecule is CC.Clc1cc(Cl)nc(N2CCCC2)n1. The smallest absolute Gasteiger partial charge is 0.228 e. The van der Waals surface area contributed by atoms with Crippen LogP contribution in [0.4, 0.5) is 5.95 Å². The van der Waals surface area contributed by atoms with Crippen LogP contribution in [0, 0.1) is 0 Å². The van der Waals surface area contributed by atoms with Crippen molar-refractivity contribution in [2.24, 2.45) is 0 Å². The zero-order valence-electron chi connectivity index (χ0n) is 9.00. The van der Waals surface area contributed by atoms with Gasteiger partial charge in [0.1, 0.15) is 10.3 Å². The van der Waals surface area contributed by atoms with E-state index in [4.69, 9.17) is 23.2 Å². The van der Waals surface area contributed by atoms with Crippen molar-refractivity contribution in [3.63, 3.8) is 0 Å². The highest BCUT2D eigenvalue weighted by Gasteiger charge is 2.15. The number of aromatic nitrogens is 2. The van der Waals surface area contributed by atoms with Crippen LogP contribution in [-0.2, 0) is 0 Å². The first-order chi connectivity index (χ1) is 7.25. The Labute approximate surface area is 100 Å². The van der Waals surface area contributed by atoms with E-state index in [1.54, 1.807) is 6.07 Å². The predicted octanol–water partition coefficient (Wildman–Crippen LogP) is 3.41. The van der Waals surface area contributed by atoms with Crippen molar-refractivity contribution in [2.75, 3.05) is 18.0 Å². The van der Waals surface area contributed by atoms with Crippen molar-refractivity contribution in [1.82, 2.24) is 9.97 Å². The van der Waals surface area contributed by atoms with Crippen molar-refractivity contribution >= 4 is 29.2 Å². The molecule has 1 aromatic rings. The van der Waals surface area contributed by atoms with Gasteiger partial charge < -0.3 is 4.90 Å². The Bertz CT molecular complexity index is 291. The Morgan fingerprint density at radius 2 is 1.53 bits per heavy atom. The fraction of sp³-hybridized carbons (Fsp3) is 0.600. The van der Waals surface area contributed by atoms with Crippen molar-refractivity contribution in [3.8, 4) is 0 Å². The number of rotatable bonds is 1. The molecule has 2 heterocycles. The van der Waals surface area contributed by atoms with Crippen molar-refractivity contribution in [3.05, 3.63) is 16.4 Å². The van der Waals surface area contributed by atoms with Gasteiger partial charge in [-0.25, -0.2) is 9.97 Å². The maximum atomic E-state index is 5.77. The molecule has 0 bridgehead atoms. The third-order valence-electron chi connectivity index (χ3n) is 2.04. The Hall–Kier alpha value is -0.540. The minimum Gasteiger partial charge on any atom is -0.341 e. The van der Waals surface area contributed by atoms with Crippen LogP contribution >= 0.6 is 23.2 Å². The van der Waals surface area contributed by atoms with Crippen LogP contribution in [0.2, 0.25) is 10.3 Å². The van der Waals surface area contributed by atoms with Crippen molar-refractivity contribution < 1.29 is 0 Å². The molecular weight excluding hydrogens is 233 g/mol. The molecule has 0 atom stereocenters. The average Bonchev–Trinajstić information content (AvgIpc) is 2.72. The number of nitrogens with zero attached hydrogens (tertiary/aromatic N) is 3. The summed E-state index contributed by atoms with van der Waals surface area (Å²) in [5.74, 6) is 0.648. The van der Waals surface area contributed by atoms with Gasteiger partial charge in [-0.1, -0.05) is 37.0 Å². The summed E-state index contributed by atoms with van der Waals surface area (Å²) in [4.78, 5) is 10.3. The minimum atomic E-state index is 0.405. The van der Waals surface area contributed by atoms with E-state index in [1.165, 1.54) is 12.8 Å². The highest BCUT2D eigenvalue weighted by Crippen LogP contribution is 2.20. The van der Waals surface area contributed by atoms with Gasteiger partial charge >= 0.3 is 0 Å². The second-order valence-corrected chi connectivity index (χ2v) is 3.78. The minimum absolute atomic E-state index is 0.405. The Balaban J connectivity index is 0.000000531. The zero-order valence-corrected chi connectivity index (χ0v) is 10.5. The lowest BCUT2D eigenvalue weighted by atomic mass is 10.4. The molecule has 0 N–H and O–H groups in total. The Morgan fingerprint density at radius 3 is 2.00 bits per heavy atom. The van der Waals surface area contributed by atoms with Gasteiger partial charge in [-0.05, 0) is 12.8 Å². The number of halogens is 2. The summed E-state index contributed by atoms with van der Waals surface area (Å²) in [7, 11) is 0. The van der Waals surface area contributed by atoms with E-state index < -0.39 is 0 Å². The van der Waals surface area contributed by atoms with E-state index in [9.17, 15) is 0 Å². The lowest BCUT2D eigenvalue weighted by molar-refractivity contribution is 0.899. The van der Waals surface area contributed by atoms with E-state index in [2.05, 4.69) is 14.9 Å². The normalized spacial score (nSPS) is 14.8. The van der Waals surface area contributed by atoms with Gasteiger partial charge in [0.2, 0.25) is 5.95 Å². The highest BCUT2D eigenvalue weighted by atomic mass is 35.5. The van der Waals surface area contributed by atoms with Crippen molar-refractivity contribution in [1.29, 1.82) is 0 Å². The first-order valence-electron chi connectivity index (χ1n) is 5.21. The molecule has 0 unspecified atom stereocenters. The van der Waals surface area contributed by atoms with E-state index in [-0.39, 0.29) is 0 Å². The lowest BCUT2D eigenvalue weighted by Gasteiger charge is -2.14. The molecule has 0 saturated carbocycles. The van der Waals surface area contributed by atoms with Crippen LogP contribution in [0.5, 0.6) is 0 Å². The van der Waals surface area contributed by atoms with Crippen LogP contribution in [0.25, 0.3) is 0 Å². The van der Waals surface area contributed by atoms with Gasteiger partial charge in [-0.2, -0.15) is 0 Å². The summed E-state index contributed by atoms with van der Waals surface area (Å²) in [6.45, 7) is 5.99. The first kappa shape index (κ1) is 12.5. The number of anilines is 1. The summed E-state index contributed by atoms with van der Waals surface area (Å²) in [6, 6.07) is 1.54. The first-order valence-corrected chi connectivity index (χ1v) is 5.96. The van der Waals surface area contributed by atoms with Crippen molar-refractivity contribution in [2.45, 2.75) is 26.7 Å². The molecule has 1 fully saturated rings. The fourth-order valence-electron chi connectivity index (χ4n) is 1.44. The molecule has 1 saturated heterocycles. The molecule has 0 radical (unpaired) electrons. The quantitative estimate of drug-likeness (QED) is 0.713.